The number of benzene rings is 1. The van der Waals surface area contributed by atoms with Gasteiger partial charge in [-0.3, -0.25) is 0 Å². The van der Waals surface area contributed by atoms with E-state index in [2.05, 4.69) is 38.3 Å². The monoisotopic (exact) mass is 363 g/mol. The molecule has 0 spiro atoms. The maximum atomic E-state index is 9.39. The molecule has 27 heavy (non-hydrogen) atoms. The highest BCUT2D eigenvalue weighted by molar-refractivity contribution is 5.60. The molecule has 1 N–H and O–H groups in total. The van der Waals surface area contributed by atoms with Gasteiger partial charge in [-0.25, -0.2) is 4.98 Å². The van der Waals surface area contributed by atoms with E-state index in [4.69, 9.17) is 4.74 Å². The predicted molar refractivity (Wildman–Crippen MR) is 107 cm³/mol. The summed E-state index contributed by atoms with van der Waals surface area (Å²) in [5.74, 6) is 0.916. The summed E-state index contributed by atoms with van der Waals surface area (Å²) in [6.45, 7) is 5.26. The van der Waals surface area contributed by atoms with Gasteiger partial charge in [0.15, 0.2) is 0 Å². The van der Waals surface area contributed by atoms with Crippen LogP contribution in [0.15, 0.2) is 42.6 Å². The van der Waals surface area contributed by atoms with Crippen molar-refractivity contribution >= 4 is 17.2 Å². The van der Waals surface area contributed by atoms with E-state index in [-0.39, 0.29) is 0 Å². The average Bonchev–Trinajstić information content (AvgIpc) is 2.75. The lowest BCUT2D eigenvalue weighted by Crippen LogP contribution is -2.42. The van der Waals surface area contributed by atoms with Crippen molar-refractivity contribution in [3.63, 3.8) is 0 Å². The number of para-hydroxylation sites is 1. The molecule has 0 amide bonds. The van der Waals surface area contributed by atoms with Gasteiger partial charge >= 0.3 is 0 Å². The lowest BCUT2D eigenvalue weighted by molar-refractivity contribution is 0.122. The number of aromatic nitrogens is 1. The molecule has 6 nitrogen and oxygen atoms in total. The summed E-state index contributed by atoms with van der Waals surface area (Å²) in [6.07, 6.45) is 4.08. The molecule has 2 saturated heterocycles. The first-order valence-electron chi connectivity index (χ1n) is 9.63. The molecule has 2 aliphatic rings. The second-order valence-corrected chi connectivity index (χ2v) is 7.06. The summed E-state index contributed by atoms with van der Waals surface area (Å²) in [6, 6.07) is 14.7. The van der Waals surface area contributed by atoms with E-state index >= 15 is 0 Å². The van der Waals surface area contributed by atoms with Gasteiger partial charge in [-0.2, -0.15) is 5.26 Å². The number of piperidine rings is 1. The third-order valence-corrected chi connectivity index (χ3v) is 5.26. The van der Waals surface area contributed by atoms with Gasteiger partial charge in [0.25, 0.3) is 0 Å². The number of nitrogens with zero attached hydrogens (tertiary/aromatic N) is 4. The molecule has 4 rings (SSSR count). The van der Waals surface area contributed by atoms with Gasteiger partial charge in [-0.05, 0) is 31.0 Å². The standard InChI is InChI=1S/C21H25N5O/c22-15-17-4-1-2-6-20(17)26-9-3-5-18(16-26)24-21-14-19(7-8-23-21)25-10-12-27-13-11-25/h1-2,4,6-8,14,18H,3,5,9-13,16H2,(H,23,24)/t18-/m1/s1. The third-order valence-electron chi connectivity index (χ3n) is 5.26. The fourth-order valence-corrected chi connectivity index (χ4v) is 3.88. The Kier molecular flexibility index (Phi) is 5.40. The minimum absolute atomic E-state index is 0.318. The van der Waals surface area contributed by atoms with Crippen LogP contribution in [0.5, 0.6) is 0 Å². The van der Waals surface area contributed by atoms with Crippen molar-refractivity contribution in [1.29, 1.82) is 5.26 Å². The first kappa shape index (κ1) is 17.6. The molecular formula is C21H25N5O. The first-order chi connectivity index (χ1) is 13.3. The summed E-state index contributed by atoms with van der Waals surface area (Å²) in [5.41, 5.74) is 2.96. The van der Waals surface area contributed by atoms with Gasteiger partial charge in [0, 0.05) is 50.2 Å². The van der Waals surface area contributed by atoms with Gasteiger partial charge < -0.3 is 19.9 Å². The van der Waals surface area contributed by atoms with Crippen LogP contribution in [0.2, 0.25) is 0 Å². The summed E-state index contributed by atoms with van der Waals surface area (Å²) in [5, 5.41) is 13.0. The van der Waals surface area contributed by atoms with E-state index in [9.17, 15) is 5.26 Å². The highest BCUT2D eigenvalue weighted by Gasteiger charge is 2.22. The Morgan fingerprint density at radius 3 is 2.81 bits per heavy atom. The molecule has 6 heteroatoms. The highest BCUT2D eigenvalue weighted by Crippen LogP contribution is 2.25. The Hall–Kier alpha value is -2.78. The largest absolute Gasteiger partial charge is 0.378 e. The first-order valence-corrected chi connectivity index (χ1v) is 9.63. The van der Waals surface area contributed by atoms with Crippen molar-refractivity contribution in [3.05, 3.63) is 48.2 Å². The number of ether oxygens (including phenoxy) is 1. The number of rotatable bonds is 4. The van der Waals surface area contributed by atoms with Gasteiger partial charge in [-0.1, -0.05) is 12.1 Å². The van der Waals surface area contributed by atoms with E-state index < -0.39 is 0 Å². The summed E-state index contributed by atoms with van der Waals surface area (Å²) in [4.78, 5) is 9.17. The molecule has 2 aliphatic heterocycles. The average molecular weight is 363 g/mol. The summed E-state index contributed by atoms with van der Waals surface area (Å²) in [7, 11) is 0. The van der Waals surface area contributed by atoms with E-state index in [1.165, 1.54) is 5.69 Å². The van der Waals surface area contributed by atoms with Crippen LogP contribution in [0.3, 0.4) is 0 Å². The molecule has 1 atom stereocenters. The fraction of sp³-hybridized carbons (Fsp3) is 0.429. The van der Waals surface area contributed by atoms with Gasteiger partial charge in [-0.15, -0.1) is 0 Å². The zero-order chi connectivity index (χ0) is 18.5. The fourth-order valence-electron chi connectivity index (χ4n) is 3.88. The minimum atomic E-state index is 0.318. The maximum absolute atomic E-state index is 9.39. The lowest BCUT2D eigenvalue weighted by Gasteiger charge is -2.35. The molecule has 3 heterocycles. The van der Waals surface area contributed by atoms with Crippen molar-refractivity contribution in [1.82, 2.24) is 4.98 Å². The zero-order valence-electron chi connectivity index (χ0n) is 15.5. The van der Waals surface area contributed by atoms with Crippen molar-refractivity contribution in [2.45, 2.75) is 18.9 Å². The molecule has 2 fully saturated rings. The lowest BCUT2D eigenvalue weighted by atomic mass is 10.0. The number of anilines is 3. The Bertz CT molecular complexity index is 812. The molecule has 0 bridgehead atoms. The molecule has 0 saturated carbocycles. The molecule has 0 radical (unpaired) electrons. The van der Waals surface area contributed by atoms with Crippen LogP contribution in [0.1, 0.15) is 18.4 Å². The van der Waals surface area contributed by atoms with E-state index in [1.54, 1.807) is 0 Å². The van der Waals surface area contributed by atoms with Crippen molar-refractivity contribution < 1.29 is 4.74 Å². The summed E-state index contributed by atoms with van der Waals surface area (Å²) >= 11 is 0. The molecule has 0 aliphatic carbocycles. The Morgan fingerprint density at radius 2 is 1.96 bits per heavy atom. The Morgan fingerprint density at radius 1 is 1.11 bits per heavy atom. The Labute approximate surface area is 160 Å². The van der Waals surface area contributed by atoms with Gasteiger partial charge in [0.2, 0.25) is 0 Å². The molecule has 0 unspecified atom stereocenters. The van der Waals surface area contributed by atoms with Crippen LogP contribution < -0.4 is 15.1 Å². The smallest absolute Gasteiger partial charge is 0.128 e. The van der Waals surface area contributed by atoms with Crippen LogP contribution >= 0.6 is 0 Å². The second kappa shape index (κ2) is 8.28. The third kappa shape index (κ3) is 4.15. The van der Waals surface area contributed by atoms with Crippen LogP contribution in [-0.4, -0.2) is 50.4 Å². The van der Waals surface area contributed by atoms with Crippen LogP contribution in [0.25, 0.3) is 0 Å². The number of morpholine rings is 1. The maximum Gasteiger partial charge on any atom is 0.128 e. The quantitative estimate of drug-likeness (QED) is 0.901. The van der Waals surface area contributed by atoms with Crippen molar-refractivity contribution in [3.8, 4) is 6.07 Å². The van der Waals surface area contributed by atoms with Crippen LogP contribution in [-0.2, 0) is 4.74 Å². The zero-order valence-corrected chi connectivity index (χ0v) is 15.5. The number of hydrogen-bond acceptors (Lipinski definition) is 6. The van der Waals surface area contributed by atoms with Crippen molar-refractivity contribution in [2.24, 2.45) is 0 Å². The predicted octanol–water partition coefficient (Wildman–Crippen LogP) is 2.87. The molecule has 1 aromatic heterocycles. The summed E-state index contributed by atoms with van der Waals surface area (Å²) < 4.78 is 5.44. The van der Waals surface area contributed by atoms with E-state index in [0.29, 0.717) is 6.04 Å². The van der Waals surface area contributed by atoms with E-state index in [0.717, 1.165) is 69.3 Å². The second-order valence-electron chi connectivity index (χ2n) is 7.06. The Balaban J connectivity index is 1.44. The van der Waals surface area contributed by atoms with Gasteiger partial charge in [0.05, 0.1) is 24.5 Å². The topological polar surface area (TPSA) is 64.4 Å². The number of hydrogen-bond donors (Lipinski definition) is 1. The number of nitrogens with one attached hydrogen (secondary N) is 1. The van der Waals surface area contributed by atoms with Crippen LogP contribution in [0, 0.1) is 11.3 Å². The molecule has 140 valence electrons. The van der Waals surface area contributed by atoms with Gasteiger partial charge in [0.1, 0.15) is 11.9 Å². The number of nitriles is 1. The normalized spacial score (nSPS) is 20.2. The molecular weight excluding hydrogens is 338 g/mol. The van der Waals surface area contributed by atoms with E-state index in [1.807, 2.05) is 30.5 Å². The van der Waals surface area contributed by atoms with Crippen LogP contribution in [0.4, 0.5) is 17.2 Å². The minimum Gasteiger partial charge on any atom is -0.378 e. The SMILES string of the molecule is N#Cc1ccccc1N1CCC[C@@H](Nc2cc(N3CCOCC3)ccn2)C1. The van der Waals surface area contributed by atoms with Crippen molar-refractivity contribution in [2.75, 3.05) is 54.5 Å². The molecule has 2 aromatic rings. The highest BCUT2D eigenvalue weighted by atomic mass is 16.5. The molecule has 1 aromatic carbocycles. The number of pyridine rings is 1.